The third-order valence-corrected chi connectivity index (χ3v) is 13.6. The van der Waals surface area contributed by atoms with E-state index in [0.29, 0.717) is 11.1 Å². The SMILES string of the molecule is O=[N+]([O-])c1ccccc1S(=O)(=O)N(CCCCCN(Cc1coc(/C=C/c2ccc(C(F)(F)F)cc2)n1)S(=O)(=O)c1ccccc1[N+](=O)[O-])Cc1coc(/C=C/c2ccc(C(F)(F)F)cc2)n1. The molecule has 0 unspecified atom stereocenters. The molecule has 6 aromatic rings. The average molecular weight is 975 g/mol. The molecule has 6 rings (SSSR count). The van der Waals surface area contributed by atoms with Crippen molar-refractivity contribution in [3.8, 4) is 0 Å². The maximum Gasteiger partial charge on any atom is 0.416 e. The highest BCUT2D eigenvalue weighted by molar-refractivity contribution is 7.89. The Morgan fingerprint density at radius 2 is 0.896 bits per heavy atom. The minimum absolute atomic E-state index is 0.0349. The molecule has 0 aliphatic rings. The van der Waals surface area contributed by atoms with Crippen molar-refractivity contribution in [2.75, 3.05) is 13.1 Å². The minimum Gasteiger partial charge on any atom is -0.445 e. The standard InChI is InChI=1S/C43H36F6N6O10S2/c44-42(45,46)32-18-12-30(13-19-32)16-22-40-50-34(28-64-40)26-52(66(60,61)38-10-4-2-8-36(38)54(56)57)24-6-1-7-25-53(67(62,63)39-11-5-3-9-37(39)55(58)59)27-35-29-65-41(51-35)23-17-31-14-20-33(21-15-31)43(47,48)49/h2-5,8-23,28-29H,1,6-7,24-27H2/b22-16+,23-17+. The number of halogens is 6. The quantitative estimate of drug-likeness (QED) is 0.0302. The molecule has 0 atom stereocenters. The molecule has 0 bridgehead atoms. The number of nitro groups is 2. The normalized spacial score (nSPS) is 12.8. The maximum atomic E-state index is 14.1. The second kappa shape index (κ2) is 20.7. The van der Waals surface area contributed by atoms with Crippen LogP contribution in [0.1, 0.15) is 64.7 Å². The number of benzene rings is 4. The second-order valence-corrected chi connectivity index (χ2v) is 18.3. The molecular weight excluding hydrogens is 939 g/mol. The van der Waals surface area contributed by atoms with E-state index in [9.17, 15) is 63.4 Å². The summed E-state index contributed by atoms with van der Waals surface area (Å²) < 4.78 is 147. The summed E-state index contributed by atoms with van der Waals surface area (Å²) in [7, 11) is -9.24. The van der Waals surface area contributed by atoms with Crippen LogP contribution in [0, 0.1) is 20.2 Å². The Morgan fingerprint density at radius 3 is 1.24 bits per heavy atom. The summed E-state index contributed by atoms with van der Waals surface area (Å²) in [6.07, 6.45) is -1.00. The summed E-state index contributed by atoms with van der Waals surface area (Å²) in [6, 6.07) is 17.8. The molecule has 0 amide bonds. The van der Waals surface area contributed by atoms with E-state index < -0.39 is 87.6 Å². The number of aromatic nitrogens is 2. The molecule has 0 spiro atoms. The number of unbranched alkanes of at least 4 members (excludes halogenated alkanes) is 2. The number of hydrogen-bond donors (Lipinski definition) is 0. The van der Waals surface area contributed by atoms with E-state index in [0.717, 1.165) is 69.7 Å². The van der Waals surface area contributed by atoms with Crippen molar-refractivity contribution < 1.29 is 61.9 Å². The first kappa shape index (κ1) is 49.4. The van der Waals surface area contributed by atoms with Gasteiger partial charge in [0.15, 0.2) is 9.79 Å². The van der Waals surface area contributed by atoms with Crippen LogP contribution >= 0.6 is 0 Å². The first-order chi connectivity index (χ1) is 31.6. The van der Waals surface area contributed by atoms with Crippen molar-refractivity contribution in [1.29, 1.82) is 0 Å². The molecule has 0 radical (unpaired) electrons. The van der Waals surface area contributed by atoms with E-state index in [1.165, 1.54) is 72.8 Å². The van der Waals surface area contributed by atoms with Gasteiger partial charge in [-0.2, -0.15) is 35.0 Å². The summed E-state index contributed by atoms with van der Waals surface area (Å²) in [5, 5.41) is 23.7. The number of oxazole rings is 2. The summed E-state index contributed by atoms with van der Waals surface area (Å²) >= 11 is 0. The summed E-state index contributed by atoms with van der Waals surface area (Å²) in [6.45, 7) is -1.45. The predicted octanol–water partition coefficient (Wildman–Crippen LogP) is 10.1. The molecule has 4 aromatic carbocycles. The van der Waals surface area contributed by atoms with Gasteiger partial charge in [0.1, 0.15) is 12.5 Å². The summed E-state index contributed by atoms with van der Waals surface area (Å²) in [5.74, 6) is -0.0698. The summed E-state index contributed by atoms with van der Waals surface area (Å²) in [4.78, 5) is 29.3. The zero-order valence-electron chi connectivity index (χ0n) is 34.5. The number of rotatable bonds is 20. The van der Waals surface area contributed by atoms with Crippen LogP contribution in [-0.2, 0) is 45.5 Å². The van der Waals surface area contributed by atoms with Gasteiger partial charge in [-0.3, -0.25) is 20.2 Å². The minimum atomic E-state index is -4.62. The van der Waals surface area contributed by atoms with E-state index in [2.05, 4.69) is 9.97 Å². The number of nitrogens with zero attached hydrogens (tertiary/aromatic N) is 6. The second-order valence-electron chi connectivity index (χ2n) is 14.4. The highest BCUT2D eigenvalue weighted by Gasteiger charge is 2.34. The van der Waals surface area contributed by atoms with Gasteiger partial charge in [0.2, 0.25) is 31.8 Å². The maximum absolute atomic E-state index is 14.1. The fraction of sp³-hybridized carbons (Fsp3) is 0.209. The molecule has 24 heteroatoms. The van der Waals surface area contributed by atoms with Gasteiger partial charge in [-0.1, -0.05) is 55.0 Å². The molecule has 0 aliphatic heterocycles. The van der Waals surface area contributed by atoms with E-state index in [-0.39, 0.29) is 55.5 Å². The van der Waals surface area contributed by atoms with E-state index in [1.807, 2.05) is 0 Å². The number of sulfonamides is 2. The highest BCUT2D eigenvalue weighted by Crippen LogP contribution is 2.32. The Labute approximate surface area is 377 Å². The molecule has 0 saturated heterocycles. The Balaban J connectivity index is 1.19. The van der Waals surface area contributed by atoms with Gasteiger partial charge < -0.3 is 8.83 Å². The van der Waals surface area contributed by atoms with E-state index in [1.54, 1.807) is 0 Å². The van der Waals surface area contributed by atoms with Crippen LogP contribution in [0.5, 0.6) is 0 Å². The zero-order valence-corrected chi connectivity index (χ0v) is 36.1. The number of para-hydroxylation sites is 2. The van der Waals surface area contributed by atoms with Crippen molar-refractivity contribution in [2.24, 2.45) is 0 Å². The lowest BCUT2D eigenvalue weighted by Gasteiger charge is -2.23. The first-order valence-electron chi connectivity index (χ1n) is 19.7. The van der Waals surface area contributed by atoms with Gasteiger partial charge in [0.05, 0.1) is 45.5 Å². The molecule has 2 heterocycles. The Morgan fingerprint density at radius 1 is 0.537 bits per heavy atom. The van der Waals surface area contributed by atoms with Crippen LogP contribution in [0.15, 0.2) is 128 Å². The summed E-state index contributed by atoms with van der Waals surface area (Å²) in [5.41, 5.74) is -2.21. The zero-order chi connectivity index (χ0) is 48.6. The Hall–Kier alpha value is -7.02. The lowest BCUT2D eigenvalue weighted by Crippen LogP contribution is -2.33. The van der Waals surface area contributed by atoms with Gasteiger partial charge in [0, 0.05) is 37.4 Å². The lowest BCUT2D eigenvalue weighted by atomic mass is 10.1. The Bertz CT molecular complexity index is 2790. The molecule has 0 N–H and O–H groups in total. The molecule has 352 valence electrons. The lowest BCUT2D eigenvalue weighted by molar-refractivity contribution is -0.388. The van der Waals surface area contributed by atoms with Crippen molar-refractivity contribution >= 4 is 55.7 Å². The number of nitro benzene ring substituents is 2. The molecule has 0 aliphatic carbocycles. The number of hydrogen-bond acceptors (Lipinski definition) is 12. The van der Waals surface area contributed by atoms with Crippen LogP contribution in [0.4, 0.5) is 37.7 Å². The monoisotopic (exact) mass is 974 g/mol. The van der Waals surface area contributed by atoms with E-state index >= 15 is 0 Å². The largest absolute Gasteiger partial charge is 0.445 e. The fourth-order valence-electron chi connectivity index (χ4n) is 6.46. The highest BCUT2D eigenvalue weighted by atomic mass is 32.2. The molecular formula is C43H36F6N6O10S2. The molecule has 67 heavy (non-hydrogen) atoms. The smallest absolute Gasteiger partial charge is 0.416 e. The van der Waals surface area contributed by atoms with Crippen LogP contribution in [0.3, 0.4) is 0 Å². The van der Waals surface area contributed by atoms with Gasteiger partial charge in [-0.05, 0) is 72.5 Å². The fourth-order valence-corrected chi connectivity index (χ4v) is 9.67. The van der Waals surface area contributed by atoms with Gasteiger partial charge in [-0.15, -0.1) is 0 Å². The average Bonchev–Trinajstić information content (AvgIpc) is 3.95. The molecule has 0 fully saturated rings. The third-order valence-electron chi connectivity index (χ3n) is 9.80. The van der Waals surface area contributed by atoms with Crippen LogP contribution in [-0.4, -0.2) is 58.4 Å². The number of alkyl halides is 6. The van der Waals surface area contributed by atoms with Crippen molar-refractivity contribution in [2.45, 2.75) is 54.5 Å². The van der Waals surface area contributed by atoms with Crippen molar-refractivity contribution in [3.05, 3.63) is 175 Å². The van der Waals surface area contributed by atoms with Crippen LogP contribution in [0.2, 0.25) is 0 Å². The van der Waals surface area contributed by atoms with Gasteiger partial charge >= 0.3 is 12.4 Å². The third kappa shape index (κ3) is 12.7. The topological polar surface area (TPSA) is 213 Å². The Kier molecular flexibility index (Phi) is 15.2. The van der Waals surface area contributed by atoms with Gasteiger partial charge in [-0.25, -0.2) is 26.8 Å². The molecule has 2 aromatic heterocycles. The van der Waals surface area contributed by atoms with Crippen LogP contribution < -0.4 is 0 Å². The predicted molar refractivity (Wildman–Crippen MR) is 229 cm³/mol. The van der Waals surface area contributed by atoms with Crippen molar-refractivity contribution in [1.82, 2.24) is 18.6 Å². The molecule has 0 saturated carbocycles. The van der Waals surface area contributed by atoms with E-state index in [4.69, 9.17) is 8.83 Å². The van der Waals surface area contributed by atoms with Crippen LogP contribution in [0.25, 0.3) is 24.3 Å². The molecule has 16 nitrogen and oxygen atoms in total. The first-order valence-corrected chi connectivity index (χ1v) is 22.6. The van der Waals surface area contributed by atoms with Crippen molar-refractivity contribution in [3.63, 3.8) is 0 Å². The van der Waals surface area contributed by atoms with Gasteiger partial charge in [0.25, 0.3) is 11.4 Å².